The molecule has 0 radical (unpaired) electrons. The van der Waals surface area contributed by atoms with Crippen LogP contribution >= 0.6 is 0 Å². The second-order valence-corrected chi connectivity index (χ2v) is 6.73. The Morgan fingerprint density at radius 2 is 1.76 bits per heavy atom. The molecule has 3 rings (SSSR count). The third-order valence-electron chi connectivity index (χ3n) is 3.57. The Balaban J connectivity index is 2.37. The van der Waals surface area contributed by atoms with Crippen LogP contribution in [0.4, 0.5) is 18.9 Å². The summed E-state index contributed by atoms with van der Waals surface area (Å²) in [7, 11) is 0. The third kappa shape index (κ3) is 3.24. The van der Waals surface area contributed by atoms with E-state index in [1.807, 2.05) is 0 Å². The molecule has 0 bridgehead atoms. The molecule has 3 aromatic rings. The first kappa shape index (κ1) is 17.1. The van der Waals surface area contributed by atoms with E-state index in [1.165, 1.54) is 6.20 Å². The lowest BCUT2D eigenvalue weighted by molar-refractivity contribution is 0.126. The highest BCUT2D eigenvalue weighted by molar-refractivity contribution is 5.99. The van der Waals surface area contributed by atoms with Crippen LogP contribution in [0.1, 0.15) is 20.8 Å². The van der Waals surface area contributed by atoms with Gasteiger partial charge in [0.05, 0.1) is 5.39 Å². The fourth-order valence-electron chi connectivity index (χ4n) is 2.58. The Morgan fingerprint density at radius 3 is 2.40 bits per heavy atom. The number of hydrogen-bond acceptors (Lipinski definition) is 3. The molecule has 0 saturated heterocycles. The van der Waals surface area contributed by atoms with Crippen molar-refractivity contribution in [1.29, 1.82) is 0 Å². The summed E-state index contributed by atoms with van der Waals surface area (Å²) < 4.78 is 47.9. The van der Waals surface area contributed by atoms with E-state index in [1.54, 1.807) is 45.0 Å². The van der Waals surface area contributed by atoms with Crippen LogP contribution in [0, 0.1) is 17.5 Å². The average Bonchev–Trinajstić information content (AvgIpc) is 2.52. The van der Waals surface area contributed by atoms with Crippen molar-refractivity contribution in [2.75, 3.05) is 5.73 Å². The number of nitrogen functional groups attached to an aromatic ring is 1. The van der Waals surface area contributed by atoms with Crippen LogP contribution < -0.4 is 10.5 Å². The first-order valence-electron chi connectivity index (χ1n) is 7.68. The number of halogens is 3. The van der Waals surface area contributed by atoms with Gasteiger partial charge < -0.3 is 10.5 Å². The van der Waals surface area contributed by atoms with Crippen molar-refractivity contribution in [3.05, 3.63) is 54.0 Å². The van der Waals surface area contributed by atoms with E-state index in [2.05, 4.69) is 4.98 Å². The Kier molecular flexibility index (Phi) is 4.06. The van der Waals surface area contributed by atoms with Gasteiger partial charge in [-0.3, -0.25) is 0 Å². The van der Waals surface area contributed by atoms with E-state index in [-0.39, 0.29) is 16.7 Å². The number of benzene rings is 2. The topological polar surface area (TPSA) is 48.1 Å². The van der Waals surface area contributed by atoms with Crippen LogP contribution in [-0.2, 0) is 0 Å². The second kappa shape index (κ2) is 5.95. The number of pyridine rings is 1. The summed E-state index contributed by atoms with van der Waals surface area (Å²) in [5.41, 5.74) is 6.45. The molecule has 3 nitrogen and oxygen atoms in total. The maximum absolute atomic E-state index is 14.6. The number of aromatic nitrogens is 1. The standard InChI is InChI=1S/C19H17F3N2O/c1-19(2,3)25-18-12-8-14(20)16(21)17(22)15(12)13(9-24-18)10-5-4-6-11(23)7-10/h4-9H,23H2,1-3H3. The fourth-order valence-corrected chi connectivity index (χ4v) is 2.58. The molecule has 25 heavy (non-hydrogen) atoms. The van der Waals surface area contributed by atoms with Crippen molar-refractivity contribution < 1.29 is 17.9 Å². The maximum atomic E-state index is 14.6. The number of nitrogens with zero attached hydrogens (tertiary/aromatic N) is 1. The van der Waals surface area contributed by atoms with Gasteiger partial charge in [0.2, 0.25) is 5.88 Å². The normalized spacial score (nSPS) is 11.8. The maximum Gasteiger partial charge on any atom is 0.222 e. The minimum atomic E-state index is -1.54. The zero-order chi connectivity index (χ0) is 18.4. The first-order chi connectivity index (χ1) is 11.7. The fraction of sp³-hybridized carbons (Fsp3) is 0.211. The molecule has 0 unspecified atom stereocenters. The van der Waals surface area contributed by atoms with E-state index < -0.39 is 23.1 Å². The molecule has 0 aliphatic rings. The highest BCUT2D eigenvalue weighted by Gasteiger charge is 2.23. The van der Waals surface area contributed by atoms with Crippen molar-refractivity contribution >= 4 is 16.5 Å². The van der Waals surface area contributed by atoms with Gasteiger partial charge in [0, 0.05) is 22.8 Å². The molecule has 0 fully saturated rings. The van der Waals surface area contributed by atoms with Crippen LogP contribution in [0.2, 0.25) is 0 Å². The number of ether oxygens (including phenoxy) is 1. The molecule has 2 N–H and O–H groups in total. The summed E-state index contributed by atoms with van der Waals surface area (Å²) >= 11 is 0. The molecule has 0 aliphatic heterocycles. The largest absolute Gasteiger partial charge is 0.471 e. The number of rotatable bonds is 2. The molecule has 0 aliphatic carbocycles. The molecular formula is C19H17F3N2O. The van der Waals surface area contributed by atoms with Gasteiger partial charge in [0.15, 0.2) is 17.5 Å². The zero-order valence-corrected chi connectivity index (χ0v) is 14.0. The summed E-state index contributed by atoms with van der Waals surface area (Å²) in [6.07, 6.45) is 1.37. The Morgan fingerprint density at radius 1 is 1.04 bits per heavy atom. The molecule has 0 amide bonds. The predicted molar refractivity (Wildman–Crippen MR) is 91.8 cm³/mol. The van der Waals surface area contributed by atoms with Gasteiger partial charge >= 0.3 is 0 Å². The Bertz CT molecular complexity index is 965. The van der Waals surface area contributed by atoms with Crippen molar-refractivity contribution in [1.82, 2.24) is 4.98 Å². The molecule has 1 heterocycles. The summed E-state index contributed by atoms with van der Waals surface area (Å²) in [6.45, 7) is 5.34. The highest BCUT2D eigenvalue weighted by atomic mass is 19.2. The summed E-state index contributed by atoms with van der Waals surface area (Å²) in [5.74, 6) is -4.08. The Labute approximate surface area is 143 Å². The van der Waals surface area contributed by atoms with E-state index >= 15 is 0 Å². The van der Waals surface area contributed by atoms with Gasteiger partial charge in [0.25, 0.3) is 0 Å². The number of nitrogens with two attached hydrogens (primary N) is 1. The van der Waals surface area contributed by atoms with Gasteiger partial charge in [-0.05, 0) is 44.5 Å². The van der Waals surface area contributed by atoms with E-state index in [9.17, 15) is 13.2 Å². The lowest BCUT2D eigenvalue weighted by Crippen LogP contribution is -2.23. The Hall–Kier alpha value is -2.76. The smallest absolute Gasteiger partial charge is 0.222 e. The van der Waals surface area contributed by atoms with Gasteiger partial charge in [-0.25, -0.2) is 18.2 Å². The van der Waals surface area contributed by atoms with Crippen molar-refractivity contribution in [3.8, 4) is 17.0 Å². The molecule has 6 heteroatoms. The van der Waals surface area contributed by atoms with E-state index in [0.717, 1.165) is 6.07 Å². The molecule has 1 aromatic heterocycles. The summed E-state index contributed by atoms with van der Waals surface area (Å²) in [5, 5.41) is -0.0370. The minimum Gasteiger partial charge on any atom is -0.471 e. The lowest BCUT2D eigenvalue weighted by Gasteiger charge is -2.22. The molecular weight excluding hydrogens is 329 g/mol. The van der Waals surface area contributed by atoms with Crippen molar-refractivity contribution in [2.24, 2.45) is 0 Å². The zero-order valence-electron chi connectivity index (χ0n) is 14.0. The molecule has 130 valence electrons. The second-order valence-electron chi connectivity index (χ2n) is 6.73. The van der Waals surface area contributed by atoms with Crippen LogP contribution in [0.3, 0.4) is 0 Å². The first-order valence-corrected chi connectivity index (χ1v) is 7.68. The van der Waals surface area contributed by atoms with Gasteiger partial charge in [-0.2, -0.15) is 0 Å². The third-order valence-corrected chi connectivity index (χ3v) is 3.57. The number of hydrogen-bond donors (Lipinski definition) is 1. The van der Waals surface area contributed by atoms with Crippen molar-refractivity contribution in [3.63, 3.8) is 0 Å². The van der Waals surface area contributed by atoms with Crippen LogP contribution in [0.15, 0.2) is 36.5 Å². The number of anilines is 1. The highest BCUT2D eigenvalue weighted by Crippen LogP contribution is 2.37. The summed E-state index contributed by atoms with van der Waals surface area (Å²) in [6, 6.07) is 7.57. The van der Waals surface area contributed by atoms with Gasteiger partial charge in [0.1, 0.15) is 5.60 Å². The summed E-state index contributed by atoms with van der Waals surface area (Å²) in [4.78, 5) is 4.19. The van der Waals surface area contributed by atoms with Gasteiger partial charge in [-0.1, -0.05) is 12.1 Å². The molecule has 0 atom stereocenters. The van der Waals surface area contributed by atoms with Crippen LogP contribution in [0.5, 0.6) is 5.88 Å². The SMILES string of the molecule is CC(C)(C)Oc1ncc(-c2cccc(N)c2)c2c(F)c(F)c(F)cc12. The minimum absolute atomic E-state index is 0.0351. The number of fused-ring (bicyclic) bond motifs is 1. The lowest BCUT2D eigenvalue weighted by atomic mass is 9.99. The molecule has 2 aromatic carbocycles. The molecule has 0 spiro atoms. The van der Waals surface area contributed by atoms with Crippen molar-refractivity contribution in [2.45, 2.75) is 26.4 Å². The monoisotopic (exact) mass is 346 g/mol. The van der Waals surface area contributed by atoms with E-state index in [0.29, 0.717) is 16.8 Å². The van der Waals surface area contributed by atoms with Crippen LogP contribution in [0.25, 0.3) is 21.9 Å². The predicted octanol–water partition coefficient (Wildman–Crippen LogP) is 5.08. The average molecular weight is 346 g/mol. The quantitative estimate of drug-likeness (QED) is 0.520. The van der Waals surface area contributed by atoms with Crippen LogP contribution in [-0.4, -0.2) is 10.6 Å². The van der Waals surface area contributed by atoms with E-state index in [4.69, 9.17) is 10.5 Å². The van der Waals surface area contributed by atoms with Gasteiger partial charge in [-0.15, -0.1) is 0 Å². The molecule has 0 saturated carbocycles.